The van der Waals surface area contributed by atoms with Gasteiger partial charge in [0.05, 0.1) is 12.1 Å². The number of ether oxygens (including phenoxy) is 1. The number of carbonyl (C=O) groups is 4. The fourth-order valence-corrected chi connectivity index (χ4v) is 3.16. The highest BCUT2D eigenvalue weighted by molar-refractivity contribution is 7.16. The molecular formula is C17H23N3O5S. The van der Waals surface area contributed by atoms with E-state index in [4.69, 9.17) is 4.74 Å². The number of nitrogens with zero attached hydrogens (tertiary/aromatic N) is 1. The van der Waals surface area contributed by atoms with E-state index in [1.165, 1.54) is 16.2 Å². The van der Waals surface area contributed by atoms with Gasteiger partial charge >= 0.3 is 5.97 Å². The Balaban J connectivity index is 1.95. The summed E-state index contributed by atoms with van der Waals surface area (Å²) < 4.78 is 5.05. The fourth-order valence-electron chi connectivity index (χ4n) is 2.11. The van der Waals surface area contributed by atoms with Crippen LogP contribution in [0.25, 0.3) is 0 Å². The summed E-state index contributed by atoms with van der Waals surface area (Å²) in [5.41, 5.74) is 0.993. The normalized spacial score (nSPS) is 13.1. The topological polar surface area (TPSA) is 105 Å². The van der Waals surface area contributed by atoms with Crippen LogP contribution < -0.4 is 10.6 Å². The van der Waals surface area contributed by atoms with Crippen LogP contribution in [0.4, 0.5) is 5.00 Å². The standard InChI is InChI=1S/C17H23N3O5S/c1-9-10(2)26-16(19-15(23)11-5-6-11)14(9)17(24)25-8-12(21)18-7-13(22)20(3)4/h11H,5-8H2,1-4H3,(H,18,21)(H,19,23). The number of nitrogens with one attached hydrogen (secondary N) is 2. The third-order valence-corrected chi connectivity index (χ3v) is 5.17. The highest BCUT2D eigenvalue weighted by Gasteiger charge is 2.31. The Morgan fingerprint density at radius 1 is 1.19 bits per heavy atom. The van der Waals surface area contributed by atoms with Crippen LogP contribution in [-0.4, -0.2) is 55.8 Å². The van der Waals surface area contributed by atoms with Crippen LogP contribution in [0.2, 0.25) is 0 Å². The minimum absolute atomic E-state index is 0.0154. The van der Waals surface area contributed by atoms with Gasteiger partial charge in [-0.3, -0.25) is 14.4 Å². The van der Waals surface area contributed by atoms with E-state index in [2.05, 4.69) is 10.6 Å². The first-order valence-corrected chi connectivity index (χ1v) is 9.07. The lowest BCUT2D eigenvalue weighted by atomic mass is 10.1. The average molecular weight is 381 g/mol. The molecule has 0 aliphatic heterocycles. The van der Waals surface area contributed by atoms with Crippen molar-refractivity contribution >= 4 is 40.0 Å². The number of hydrogen-bond donors (Lipinski definition) is 2. The van der Waals surface area contributed by atoms with E-state index in [-0.39, 0.29) is 29.8 Å². The molecule has 9 heteroatoms. The molecule has 3 amide bonds. The summed E-state index contributed by atoms with van der Waals surface area (Å²) >= 11 is 1.31. The maximum absolute atomic E-state index is 12.4. The molecule has 1 aromatic heterocycles. The van der Waals surface area contributed by atoms with Gasteiger partial charge in [0.1, 0.15) is 5.00 Å². The summed E-state index contributed by atoms with van der Waals surface area (Å²) in [5, 5.41) is 5.62. The molecule has 0 spiro atoms. The molecular weight excluding hydrogens is 358 g/mol. The minimum atomic E-state index is -0.674. The van der Waals surface area contributed by atoms with Crippen molar-refractivity contribution in [3.05, 3.63) is 16.0 Å². The Hall–Kier alpha value is -2.42. The second-order valence-electron chi connectivity index (χ2n) is 6.39. The van der Waals surface area contributed by atoms with E-state index >= 15 is 0 Å². The van der Waals surface area contributed by atoms with Crippen LogP contribution in [0.3, 0.4) is 0 Å². The zero-order chi connectivity index (χ0) is 19.4. The van der Waals surface area contributed by atoms with Crippen molar-refractivity contribution in [1.82, 2.24) is 10.2 Å². The molecule has 0 atom stereocenters. The maximum Gasteiger partial charge on any atom is 0.341 e. The van der Waals surface area contributed by atoms with Crippen LogP contribution in [0.5, 0.6) is 0 Å². The van der Waals surface area contributed by atoms with Gasteiger partial charge < -0.3 is 20.3 Å². The number of likely N-dealkylation sites (N-methyl/N-ethyl adjacent to an activating group) is 1. The quantitative estimate of drug-likeness (QED) is 0.688. The summed E-state index contributed by atoms with van der Waals surface area (Å²) in [5.74, 6) is -1.59. The zero-order valence-electron chi connectivity index (χ0n) is 15.3. The lowest BCUT2D eigenvalue weighted by Crippen LogP contribution is -2.38. The molecule has 0 unspecified atom stereocenters. The molecule has 1 heterocycles. The van der Waals surface area contributed by atoms with Gasteiger partial charge in [-0.25, -0.2) is 4.79 Å². The van der Waals surface area contributed by atoms with Gasteiger partial charge in [0.15, 0.2) is 6.61 Å². The Bertz CT molecular complexity index is 737. The maximum atomic E-state index is 12.4. The van der Waals surface area contributed by atoms with Gasteiger partial charge in [-0.15, -0.1) is 11.3 Å². The molecule has 2 rings (SSSR count). The summed E-state index contributed by atoms with van der Waals surface area (Å²) in [7, 11) is 3.15. The number of anilines is 1. The lowest BCUT2D eigenvalue weighted by Gasteiger charge is -2.11. The van der Waals surface area contributed by atoms with Gasteiger partial charge in [-0.05, 0) is 32.3 Å². The molecule has 2 N–H and O–H groups in total. The van der Waals surface area contributed by atoms with Crippen LogP contribution in [-0.2, 0) is 19.1 Å². The number of rotatable bonds is 7. The second-order valence-corrected chi connectivity index (χ2v) is 7.62. The van der Waals surface area contributed by atoms with Crippen molar-refractivity contribution in [3.63, 3.8) is 0 Å². The van der Waals surface area contributed by atoms with Crippen LogP contribution in [0, 0.1) is 19.8 Å². The van der Waals surface area contributed by atoms with E-state index in [0.29, 0.717) is 10.6 Å². The molecule has 0 bridgehead atoms. The van der Waals surface area contributed by atoms with Crippen LogP contribution in [0.1, 0.15) is 33.6 Å². The first-order valence-electron chi connectivity index (χ1n) is 8.25. The molecule has 1 saturated carbocycles. The van der Waals surface area contributed by atoms with E-state index in [0.717, 1.165) is 17.7 Å². The van der Waals surface area contributed by atoms with E-state index < -0.39 is 18.5 Å². The Morgan fingerprint density at radius 2 is 1.85 bits per heavy atom. The number of amides is 3. The molecule has 1 aliphatic rings. The monoisotopic (exact) mass is 381 g/mol. The molecule has 0 radical (unpaired) electrons. The van der Waals surface area contributed by atoms with E-state index in [9.17, 15) is 19.2 Å². The van der Waals surface area contributed by atoms with Crippen molar-refractivity contribution in [2.24, 2.45) is 5.92 Å². The summed E-state index contributed by atoms with van der Waals surface area (Å²) in [6.45, 7) is 2.96. The van der Waals surface area contributed by atoms with Gasteiger partial charge in [0.25, 0.3) is 5.91 Å². The van der Waals surface area contributed by atoms with Crippen LogP contribution in [0.15, 0.2) is 0 Å². The van der Waals surface area contributed by atoms with Crippen molar-refractivity contribution in [2.45, 2.75) is 26.7 Å². The Morgan fingerprint density at radius 3 is 2.42 bits per heavy atom. The Labute approximate surface area is 155 Å². The predicted octanol–water partition coefficient (Wildman–Crippen LogP) is 1.07. The summed E-state index contributed by atoms with van der Waals surface area (Å²) in [4.78, 5) is 49.8. The third kappa shape index (κ3) is 5.04. The summed E-state index contributed by atoms with van der Waals surface area (Å²) in [6, 6.07) is 0. The number of esters is 1. The predicted molar refractivity (Wildman–Crippen MR) is 97.1 cm³/mol. The van der Waals surface area contributed by atoms with Gasteiger partial charge in [0, 0.05) is 24.9 Å². The van der Waals surface area contributed by atoms with Crippen molar-refractivity contribution in [1.29, 1.82) is 0 Å². The molecule has 0 saturated heterocycles. The second kappa shape index (κ2) is 8.31. The number of carbonyl (C=O) groups excluding carboxylic acids is 4. The van der Waals surface area contributed by atoms with Gasteiger partial charge in [-0.2, -0.15) is 0 Å². The van der Waals surface area contributed by atoms with E-state index in [1.807, 2.05) is 6.92 Å². The molecule has 0 aromatic carbocycles. The zero-order valence-corrected chi connectivity index (χ0v) is 16.1. The van der Waals surface area contributed by atoms with E-state index in [1.54, 1.807) is 21.0 Å². The SMILES string of the molecule is Cc1sc(NC(=O)C2CC2)c(C(=O)OCC(=O)NCC(=O)N(C)C)c1C. The van der Waals surface area contributed by atoms with Gasteiger partial charge in [0.2, 0.25) is 11.8 Å². The number of aryl methyl sites for hydroxylation is 1. The highest BCUT2D eigenvalue weighted by atomic mass is 32.1. The molecule has 8 nitrogen and oxygen atoms in total. The number of hydrogen-bond acceptors (Lipinski definition) is 6. The first-order chi connectivity index (χ1) is 12.2. The molecule has 1 aromatic rings. The van der Waals surface area contributed by atoms with Crippen molar-refractivity contribution in [2.75, 3.05) is 32.6 Å². The van der Waals surface area contributed by atoms with Crippen LogP contribution >= 0.6 is 11.3 Å². The van der Waals surface area contributed by atoms with Crippen molar-refractivity contribution < 1.29 is 23.9 Å². The van der Waals surface area contributed by atoms with Crippen molar-refractivity contribution in [3.8, 4) is 0 Å². The average Bonchev–Trinajstić information content (AvgIpc) is 3.38. The molecule has 26 heavy (non-hydrogen) atoms. The minimum Gasteiger partial charge on any atom is -0.452 e. The third-order valence-electron chi connectivity index (χ3n) is 4.04. The molecule has 1 aliphatic carbocycles. The Kier molecular flexibility index (Phi) is 6.36. The summed E-state index contributed by atoms with van der Waals surface area (Å²) in [6.07, 6.45) is 1.72. The number of thiophene rings is 1. The fraction of sp³-hybridized carbons (Fsp3) is 0.529. The molecule has 1 fully saturated rings. The van der Waals surface area contributed by atoms with Gasteiger partial charge in [-0.1, -0.05) is 0 Å². The highest BCUT2D eigenvalue weighted by Crippen LogP contribution is 2.36. The smallest absolute Gasteiger partial charge is 0.341 e. The lowest BCUT2D eigenvalue weighted by molar-refractivity contribution is -0.131. The first kappa shape index (κ1) is 19.9. The molecule has 142 valence electrons. The largest absolute Gasteiger partial charge is 0.452 e.